The second kappa shape index (κ2) is 7.91. The zero-order valence-electron chi connectivity index (χ0n) is 11.3. The van der Waals surface area contributed by atoms with Crippen LogP contribution < -0.4 is 5.32 Å². The van der Waals surface area contributed by atoms with Gasteiger partial charge in [-0.2, -0.15) is 0 Å². The minimum absolute atomic E-state index is 0.0373. The van der Waals surface area contributed by atoms with E-state index in [0.29, 0.717) is 10.8 Å². The molecule has 0 radical (unpaired) electrons. The van der Waals surface area contributed by atoms with Crippen molar-refractivity contribution < 1.29 is 9.90 Å². The average molecular weight is 314 g/mol. The van der Waals surface area contributed by atoms with Gasteiger partial charge in [0.15, 0.2) is 0 Å². The van der Waals surface area contributed by atoms with Crippen molar-refractivity contribution in [2.75, 3.05) is 12.4 Å². The SMILES string of the molecule is O=C(CSc1ccc(Cl)cc1)NC1CCCCC1CO. The predicted molar refractivity (Wildman–Crippen MR) is 83.2 cm³/mol. The summed E-state index contributed by atoms with van der Waals surface area (Å²) < 4.78 is 0. The standard InChI is InChI=1S/C15H20ClNO2S/c16-12-5-7-13(8-6-12)20-10-15(19)17-14-4-2-1-3-11(14)9-18/h5-8,11,14,18H,1-4,9-10H2,(H,17,19). The quantitative estimate of drug-likeness (QED) is 0.821. The highest BCUT2D eigenvalue weighted by molar-refractivity contribution is 8.00. The van der Waals surface area contributed by atoms with Gasteiger partial charge in [0, 0.05) is 28.5 Å². The Hall–Kier alpha value is -0.710. The number of nitrogens with one attached hydrogen (secondary N) is 1. The van der Waals surface area contributed by atoms with Crippen LogP contribution in [0.4, 0.5) is 0 Å². The van der Waals surface area contributed by atoms with Crippen molar-refractivity contribution in [2.24, 2.45) is 5.92 Å². The molecule has 0 heterocycles. The second-order valence-corrected chi connectivity index (χ2v) is 6.63. The molecule has 20 heavy (non-hydrogen) atoms. The summed E-state index contributed by atoms with van der Waals surface area (Å²) in [4.78, 5) is 13.0. The minimum Gasteiger partial charge on any atom is -0.396 e. The summed E-state index contributed by atoms with van der Waals surface area (Å²) in [6.45, 7) is 0.162. The van der Waals surface area contributed by atoms with E-state index in [2.05, 4.69) is 5.32 Å². The van der Waals surface area contributed by atoms with E-state index in [1.54, 1.807) is 0 Å². The van der Waals surface area contributed by atoms with Gasteiger partial charge in [0.1, 0.15) is 0 Å². The molecule has 2 unspecified atom stereocenters. The maximum absolute atomic E-state index is 12.0. The zero-order valence-corrected chi connectivity index (χ0v) is 12.9. The minimum atomic E-state index is 0.0373. The predicted octanol–water partition coefficient (Wildman–Crippen LogP) is 3.10. The van der Waals surface area contributed by atoms with Crippen LogP contribution in [0.1, 0.15) is 25.7 Å². The molecular formula is C15H20ClNO2S. The van der Waals surface area contributed by atoms with E-state index in [-0.39, 0.29) is 24.5 Å². The number of carbonyl (C=O) groups excluding carboxylic acids is 1. The average Bonchev–Trinajstić information content (AvgIpc) is 2.47. The van der Waals surface area contributed by atoms with E-state index >= 15 is 0 Å². The molecular weight excluding hydrogens is 294 g/mol. The van der Waals surface area contributed by atoms with E-state index in [1.165, 1.54) is 11.8 Å². The molecule has 1 aliphatic rings. The molecule has 1 amide bonds. The molecule has 0 aromatic heterocycles. The van der Waals surface area contributed by atoms with Crippen LogP contribution >= 0.6 is 23.4 Å². The monoisotopic (exact) mass is 313 g/mol. The van der Waals surface area contributed by atoms with Crippen molar-refractivity contribution in [3.8, 4) is 0 Å². The van der Waals surface area contributed by atoms with Gasteiger partial charge in [-0.15, -0.1) is 11.8 Å². The summed E-state index contributed by atoms with van der Waals surface area (Å²) >= 11 is 7.32. The normalized spacial score (nSPS) is 22.5. The molecule has 1 aromatic carbocycles. The topological polar surface area (TPSA) is 49.3 Å². The van der Waals surface area contributed by atoms with Gasteiger partial charge >= 0.3 is 0 Å². The van der Waals surface area contributed by atoms with Crippen molar-refractivity contribution in [3.63, 3.8) is 0 Å². The molecule has 3 nitrogen and oxygen atoms in total. The molecule has 2 N–H and O–H groups in total. The number of hydrogen-bond donors (Lipinski definition) is 2. The highest BCUT2D eigenvalue weighted by atomic mass is 35.5. The van der Waals surface area contributed by atoms with Crippen LogP contribution in [0.5, 0.6) is 0 Å². The van der Waals surface area contributed by atoms with Crippen LogP contribution in [0.2, 0.25) is 5.02 Å². The molecule has 1 aliphatic carbocycles. The van der Waals surface area contributed by atoms with Crippen LogP contribution in [0.25, 0.3) is 0 Å². The third-order valence-electron chi connectivity index (χ3n) is 3.67. The van der Waals surface area contributed by atoms with Gasteiger partial charge in [0.25, 0.3) is 0 Å². The largest absolute Gasteiger partial charge is 0.396 e. The smallest absolute Gasteiger partial charge is 0.230 e. The molecule has 2 atom stereocenters. The Bertz CT molecular complexity index is 438. The first-order valence-electron chi connectivity index (χ1n) is 6.97. The maximum atomic E-state index is 12.0. The van der Waals surface area contributed by atoms with E-state index in [1.807, 2.05) is 24.3 Å². The third kappa shape index (κ3) is 4.69. The fraction of sp³-hybridized carbons (Fsp3) is 0.533. The summed E-state index contributed by atoms with van der Waals surface area (Å²) in [5.41, 5.74) is 0. The van der Waals surface area contributed by atoms with Crippen LogP contribution in [0, 0.1) is 5.92 Å². The first-order chi connectivity index (χ1) is 9.69. The van der Waals surface area contributed by atoms with Gasteiger partial charge in [-0.05, 0) is 37.1 Å². The summed E-state index contributed by atoms with van der Waals surface area (Å²) in [7, 11) is 0. The van der Waals surface area contributed by atoms with Crippen LogP contribution in [-0.2, 0) is 4.79 Å². The van der Waals surface area contributed by atoms with E-state index in [0.717, 1.165) is 30.6 Å². The van der Waals surface area contributed by atoms with Gasteiger partial charge in [-0.3, -0.25) is 4.79 Å². The number of thioether (sulfide) groups is 1. The summed E-state index contributed by atoms with van der Waals surface area (Å²) in [5.74, 6) is 0.652. The zero-order chi connectivity index (χ0) is 14.4. The molecule has 1 fully saturated rings. The highest BCUT2D eigenvalue weighted by Gasteiger charge is 2.25. The van der Waals surface area contributed by atoms with E-state index in [9.17, 15) is 9.90 Å². The number of rotatable bonds is 5. The molecule has 5 heteroatoms. The first kappa shape index (κ1) is 15.7. The Labute approximate surface area is 129 Å². The number of hydrogen-bond acceptors (Lipinski definition) is 3. The van der Waals surface area contributed by atoms with Gasteiger partial charge < -0.3 is 10.4 Å². The summed E-state index contributed by atoms with van der Waals surface area (Å²) in [5, 5.41) is 13.1. The van der Waals surface area contributed by atoms with Crippen LogP contribution in [0.15, 0.2) is 29.2 Å². The number of aliphatic hydroxyl groups excluding tert-OH is 1. The number of amides is 1. The van der Waals surface area contributed by atoms with Gasteiger partial charge in [-0.25, -0.2) is 0 Å². The molecule has 2 rings (SSSR count). The fourth-order valence-electron chi connectivity index (χ4n) is 2.54. The Balaban J connectivity index is 1.78. The lowest BCUT2D eigenvalue weighted by Gasteiger charge is -2.30. The van der Waals surface area contributed by atoms with Crippen molar-refractivity contribution in [2.45, 2.75) is 36.6 Å². The number of carbonyl (C=O) groups is 1. The lowest BCUT2D eigenvalue weighted by atomic mass is 9.85. The Morgan fingerprint density at radius 2 is 2.00 bits per heavy atom. The van der Waals surface area contributed by atoms with Crippen LogP contribution in [-0.4, -0.2) is 29.4 Å². The summed E-state index contributed by atoms with van der Waals surface area (Å²) in [6.07, 6.45) is 4.26. The van der Waals surface area contributed by atoms with Gasteiger partial charge in [0.2, 0.25) is 5.91 Å². The van der Waals surface area contributed by atoms with Crippen molar-refractivity contribution >= 4 is 29.3 Å². The van der Waals surface area contributed by atoms with Crippen molar-refractivity contribution in [1.29, 1.82) is 0 Å². The number of benzene rings is 1. The lowest BCUT2D eigenvalue weighted by molar-refractivity contribution is -0.120. The molecule has 1 aromatic rings. The second-order valence-electron chi connectivity index (χ2n) is 5.14. The van der Waals surface area contributed by atoms with Gasteiger partial charge in [0.05, 0.1) is 5.75 Å². The Morgan fingerprint density at radius 1 is 1.30 bits per heavy atom. The van der Waals surface area contributed by atoms with Crippen LogP contribution in [0.3, 0.4) is 0 Å². The number of aliphatic hydroxyl groups is 1. The Kier molecular flexibility index (Phi) is 6.20. The maximum Gasteiger partial charge on any atom is 0.230 e. The van der Waals surface area contributed by atoms with Crippen molar-refractivity contribution in [1.82, 2.24) is 5.32 Å². The third-order valence-corrected chi connectivity index (χ3v) is 4.94. The summed E-state index contributed by atoms with van der Waals surface area (Å²) in [6, 6.07) is 7.61. The molecule has 110 valence electrons. The molecule has 0 aliphatic heterocycles. The molecule has 0 spiro atoms. The van der Waals surface area contributed by atoms with Crippen molar-refractivity contribution in [3.05, 3.63) is 29.3 Å². The number of halogens is 1. The molecule has 0 bridgehead atoms. The van der Waals surface area contributed by atoms with E-state index in [4.69, 9.17) is 11.6 Å². The molecule has 0 saturated heterocycles. The van der Waals surface area contributed by atoms with E-state index < -0.39 is 0 Å². The molecule has 1 saturated carbocycles. The highest BCUT2D eigenvalue weighted by Crippen LogP contribution is 2.24. The lowest BCUT2D eigenvalue weighted by Crippen LogP contribution is -2.44. The Morgan fingerprint density at radius 3 is 2.70 bits per heavy atom. The fourth-order valence-corrected chi connectivity index (χ4v) is 3.38. The van der Waals surface area contributed by atoms with Gasteiger partial charge in [-0.1, -0.05) is 24.4 Å². The first-order valence-corrected chi connectivity index (χ1v) is 8.34.